The second-order valence-corrected chi connectivity index (χ2v) is 3.23. The Labute approximate surface area is 92.2 Å². The predicted octanol–water partition coefficient (Wildman–Crippen LogP) is 0.629. The lowest BCUT2D eigenvalue weighted by molar-refractivity contribution is -0.138. The third kappa shape index (κ3) is 3.09. The van der Waals surface area contributed by atoms with Crippen LogP contribution in [0.25, 0.3) is 0 Å². The fourth-order valence-electron chi connectivity index (χ4n) is 1.05. The summed E-state index contributed by atoms with van der Waals surface area (Å²) in [5.74, 6) is -1.08. The number of carboxylic acids is 1. The number of carboxylic acid groups (broad SMARTS) is 1. The number of aliphatic carboxylic acids is 1. The largest absolute Gasteiger partial charge is 0.480 e. The highest BCUT2D eigenvalue weighted by Gasteiger charge is 2.17. The van der Waals surface area contributed by atoms with E-state index in [0.717, 1.165) is 0 Å². The van der Waals surface area contributed by atoms with E-state index in [4.69, 9.17) is 14.3 Å². The molecule has 16 heavy (non-hydrogen) atoms. The molecule has 88 valence electrons. The molecule has 0 aliphatic rings. The van der Waals surface area contributed by atoms with Gasteiger partial charge in [-0.1, -0.05) is 0 Å². The Kier molecular flexibility index (Phi) is 4.07. The summed E-state index contributed by atoms with van der Waals surface area (Å²) in [4.78, 5) is 22.0. The van der Waals surface area contributed by atoms with Crippen LogP contribution in [0.3, 0.4) is 0 Å². The number of hydrogen-bond donors (Lipinski definition) is 2. The number of amides is 1. The summed E-state index contributed by atoms with van der Waals surface area (Å²) in [6.45, 7) is 1.64. The van der Waals surface area contributed by atoms with Gasteiger partial charge in [0, 0.05) is 7.11 Å². The van der Waals surface area contributed by atoms with Gasteiger partial charge in [0.25, 0.3) is 5.91 Å². The summed E-state index contributed by atoms with van der Waals surface area (Å²) in [6.07, 6.45) is 0. The zero-order chi connectivity index (χ0) is 12.1. The molecule has 1 heterocycles. The first kappa shape index (κ1) is 12.3. The van der Waals surface area contributed by atoms with Crippen LogP contribution in [-0.2, 0) is 16.1 Å². The Bertz CT molecular complexity index is 384. The van der Waals surface area contributed by atoms with Gasteiger partial charge >= 0.3 is 5.97 Å². The van der Waals surface area contributed by atoms with E-state index in [2.05, 4.69) is 5.32 Å². The number of nitrogens with one attached hydrogen (secondary N) is 1. The lowest BCUT2D eigenvalue weighted by Gasteiger charge is -2.06. The molecule has 2 N–H and O–H groups in total. The van der Waals surface area contributed by atoms with Crippen molar-refractivity contribution in [3.63, 3.8) is 0 Å². The summed E-state index contributed by atoms with van der Waals surface area (Å²) < 4.78 is 9.96. The van der Waals surface area contributed by atoms with Crippen LogP contribution in [-0.4, -0.2) is 30.1 Å². The number of methoxy groups -OCH3 is 1. The average Bonchev–Trinajstić information content (AvgIpc) is 2.66. The van der Waals surface area contributed by atoms with Gasteiger partial charge in [-0.3, -0.25) is 9.59 Å². The van der Waals surface area contributed by atoms with Crippen LogP contribution >= 0.6 is 0 Å². The van der Waals surface area contributed by atoms with Crippen LogP contribution in [0, 0.1) is 0 Å². The van der Waals surface area contributed by atoms with Gasteiger partial charge in [0.1, 0.15) is 18.4 Å². The average molecular weight is 227 g/mol. The Hall–Kier alpha value is -1.82. The van der Waals surface area contributed by atoms with Crippen molar-refractivity contribution in [2.24, 2.45) is 0 Å². The van der Waals surface area contributed by atoms with E-state index in [1.54, 1.807) is 6.07 Å². The lowest BCUT2D eigenvalue weighted by Crippen LogP contribution is -2.38. The van der Waals surface area contributed by atoms with Gasteiger partial charge in [-0.25, -0.2) is 0 Å². The minimum absolute atomic E-state index is 0.0696. The van der Waals surface area contributed by atoms with E-state index >= 15 is 0 Å². The number of rotatable bonds is 5. The summed E-state index contributed by atoms with van der Waals surface area (Å²) >= 11 is 0. The van der Waals surface area contributed by atoms with Crippen LogP contribution in [0.5, 0.6) is 0 Å². The SMILES string of the molecule is COCc1ccc(C(=O)N[C@H](C)C(=O)O)o1. The van der Waals surface area contributed by atoms with Crippen molar-refractivity contribution in [2.45, 2.75) is 19.6 Å². The quantitative estimate of drug-likeness (QED) is 0.770. The standard InChI is InChI=1S/C10H13NO5/c1-6(10(13)14)11-9(12)8-4-3-7(16-8)5-15-2/h3-4,6H,5H2,1-2H3,(H,11,12)(H,13,14)/t6-/m1/s1. The second kappa shape index (κ2) is 5.32. The van der Waals surface area contributed by atoms with E-state index in [9.17, 15) is 9.59 Å². The Morgan fingerprint density at radius 3 is 2.81 bits per heavy atom. The summed E-state index contributed by atoms with van der Waals surface area (Å²) in [7, 11) is 1.51. The highest BCUT2D eigenvalue weighted by molar-refractivity contribution is 5.94. The molecule has 1 rings (SSSR count). The maximum Gasteiger partial charge on any atom is 0.325 e. The molecule has 0 saturated carbocycles. The number of carbonyl (C=O) groups excluding carboxylic acids is 1. The molecule has 1 aromatic rings. The smallest absolute Gasteiger partial charge is 0.325 e. The molecule has 6 heteroatoms. The van der Waals surface area contributed by atoms with Crippen LogP contribution in [0.2, 0.25) is 0 Å². The third-order valence-corrected chi connectivity index (χ3v) is 1.89. The minimum Gasteiger partial charge on any atom is -0.480 e. The molecule has 1 aromatic heterocycles. The molecule has 1 amide bonds. The molecule has 0 aromatic carbocycles. The zero-order valence-corrected chi connectivity index (χ0v) is 9.02. The molecule has 1 atom stereocenters. The topological polar surface area (TPSA) is 88.8 Å². The molecule has 6 nitrogen and oxygen atoms in total. The van der Waals surface area contributed by atoms with Crippen molar-refractivity contribution in [1.82, 2.24) is 5.32 Å². The molecule has 0 spiro atoms. The lowest BCUT2D eigenvalue weighted by atomic mass is 10.3. The molecular formula is C10H13NO5. The van der Waals surface area contributed by atoms with Crippen molar-refractivity contribution in [1.29, 1.82) is 0 Å². The molecule has 0 aliphatic heterocycles. The van der Waals surface area contributed by atoms with E-state index < -0.39 is 17.9 Å². The zero-order valence-electron chi connectivity index (χ0n) is 9.02. The third-order valence-electron chi connectivity index (χ3n) is 1.89. The second-order valence-electron chi connectivity index (χ2n) is 3.23. The first-order valence-electron chi connectivity index (χ1n) is 4.66. The van der Waals surface area contributed by atoms with E-state index in [0.29, 0.717) is 5.76 Å². The Balaban J connectivity index is 2.62. The molecule has 0 bridgehead atoms. The number of carbonyl (C=O) groups is 2. The maximum absolute atomic E-state index is 11.5. The highest BCUT2D eigenvalue weighted by atomic mass is 16.5. The summed E-state index contributed by atoms with van der Waals surface area (Å²) in [5, 5.41) is 10.9. The fourth-order valence-corrected chi connectivity index (χ4v) is 1.05. The Morgan fingerprint density at radius 1 is 1.56 bits per heavy atom. The van der Waals surface area contributed by atoms with Gasteiger partial charge in [0.05, 0.1) is 0 Å². The van der Waals surface area contributed by atoms with Crippen molar-refractivity contribution < 1.29 is 23.8 Å². The van der Waals surface area contributed by atoms with Gasteiger partial charge < -0.3 is 19.6 Å². The van der Waals surface area contributed by atoms with E-state index in [-0.39, 0.29) is 12.4 Å². The van der Waals surface area contributed by atoms with E-state index in [1.165, 1.54) is 20.1 Å². The Morgan fingerprint density at radius 2 is 2.25 bits per heavy atom. The molecule has 0 saturated heterocycles. The minimum atomic E-state index is -1.10. The molecule has 0 fully saturated rings. The van der Waals surface area contributed by atoms with Crippen molar-refractivity contribution in [3.8, 4) is 0 Å². The van der Waals surface area contributed by atoms with Crippen molar-refractivity contribution in [3.05, 3.63) is 23.7 Å². The van der Waals surface area contributed by atoms with Crippen LogP contribution < -0.4 is 5.32 Å². The van der Waals surface area contributed by atoms with Gasteiger partial charge in [-0.15, -0.1) is 0 Å². The summed E-state index contributed by atoms with van der Waals surface area (Å²) in [5.41, 5.74) is 0. The summed E-state index contributed by atoms with van der Waals surface area (Å²) in [6, 6.07) is 2.12. The normalized spacial score (nSPS) is 12.1. The van der Waals surface area contributed by atoms with Gasteiger partial charge in [-0.2, -0.15) is 0 Å². The number of furan rings is 1. The molecule has 0 radical (unpaired) electrons. The molecule has 0 aliphatic carbocycles. The van der Waals surface area contributed by atoms with Crippen molar-refractivity contribution in [2.75, 3.05) is 7.11 Å². The van der Waals surface area contributed by atoms with E-state index in [1.807, 2.05) is 0 Å². The first-order valence-corrected chi connectivity index (χ1v) is 4.66. The van der Waals surface area contributed by atoms with Gasteiger partial charge in [-0.05, 0) is 19.1 Å². The number of ether oxygens (including phenoxy) is 1. The van der Waals surface area contributed by atoms with Gasteiger partial charge in [0.2, 0.25) is 0 Å². The molecule has 0 unspecified atom stereocenters. The fraction of sp³-hybridized carbons (Fsp3) is 0.400. The molecular weight excluding hydrogens is 214 g/mol. The van der Waals surface area contributed by atoms with Gasteiger partial charge in [0.15, 0.2) is 5.76 Å². The number of hydrogen-bond acceptors (Lipinski definition) is 4. The first-order chi connectivity index (χ1) is 7.54. The predicted molar refractivity (Wildman–Crippen MR) is 54.0 cm³/mol. The monoisotopic (exact) mass is 227 g/mol. The van der Waals surface area contributed by atoms with Crippen LogP contribution in [0.1, 0.15) is 23.2 Å². The van der Waals surface area contributed by atoms with Crippen LogP contribution in [0.15, 0.2) is 16.5 Å². The maximum atomic E-state index is 11.5. The van der Waals surface area contributed by atoms with Crippen LogP contribution in [0.4, 0.5) is 0 Å². The highest BCUT2D eigenvalue weighted by Crippen LogP contribution is 2.08. The van der Waals surface area contributed by atoms with Crippen molar-refractivity contribution >= 4 is 11.9 Å².